The summed E-state index contributed by atoms with van der Waals surface area (Å²) < 4.78 is 5.71. The lowest BCUT2D eigenvalue weighted by atomic mass is 9.52. The molecule has 7 nitrogen and oxygen atoms in total. The van der Waals surface area contributed by atoms with Crippen LogP contribution in [0.5, 0.6) is 0 Å². The molecule has 1 saturated heterocycles. The summed E-state index contributed by atoms with van der Waals surface area (Å²) in [5.41, 5.74) is 1.08. The van der Waals surface area contributed by atoms with Gasteiger partial charge in [0.15, 0.2) is 0 Å². The van der Waals surface area contributed by atoms with Crippen molar-refractivity contribution in [2.24, 2.45) is 17.8 Å². The van der Waals surface area contributed by atoms with Crippen molar-refractivity contribution in [2.75, 3.05) is 18.5 Å². The van der Waals surface area contributed by atoms with Crippen molar-refractivity contribution in [3.63, 3.8) is 0 Å². The Balaban J connectivity index is 1.19. The summed E-state index contributed by atoms with van der Waals surface area (Å²) in [7, 11) is 0. The molecule has 6 atom stereocenters. The molecule has 7 heteroatoms. The third-order valence-corrected chi connectivity index (χ3v) is 8.86. The molecular formula is C25H36N4O3. The summed E-state index contributed by atoms with van der Waals surface area (Å²) in [5, 5.41) is 17.6. The van der Waals surface area contributed by atoms with E-state index in [0.717, 1.165) is 70.1 Å². The van der Waals surface area contributed by atoms with E-state index in [0.29, 0.717) is 41.7 Å². The lowest BCUT2D eigenvalue weighted by Crippen LogP contribution is -2.61. The second kappa shape index (κ2) is 8.24. The highest BCUT2D eigenvalue weighted by molar-refractivity contribution is 5.95. The third kappa shape index (κ3) is 3.92. The maximum atomic E-state index is 13.5. The zero-order chi connectivity index (χ0) is 21.7. The highest BCUT2D eigenvalue weighted by atomic mass is 16.5. The van der Waals surface area contributed by atoms with Gasteiger partial charge in [0, 0.05) is 31.3 Å². The fraction of sp³-hybridized carbons (Fsp3) is 0.800. The number of carbonyl (C=O) groups excluding carboxylic acids is 1. The summed E-state index contributed by atoms with van der Waals surface area (Å²) in [6.45, 7) is 1.55. The van der Waals surface area contributed by atoms with Gasteiger partial charge in [-0.25, -0.2) is 9.97 Å². The Morgan fingerprint density at radius 3 is 2.59 bits per heavy atom. The topological polar surface area (TPSA) is 96.4 Å². The lowest BCUT2D eigenvalue weighted by molar-refractivity contribution is -0.136. The third-order valence-electron chi connectivity index (χ3n) is 8.86. The van der Waals surface area contributed by atoms with Crippen LogP contribution in [-0.4, -0.2) is 51.9 Å². The van der Waals surface area contributed by atoms with Crippen molar-refractivity contribution in [3.8, 4) is 0 Å². The van der Waals surface area contributed by atoms with Crippen LogP contribution in [0.25, 0.3) is 0 Å². The first-order chi connectivity index (χ1) is 15.6. The Kier molecular flexibility index (Phi) is 5.37. The Hall–Kier alpha value is -1.73. The van der Waals surface area contributed by atoms with Crippen molar-refractivity contribution in [2.45, 2.75) is 94.3 Å². The number of amides is 1. The van der Waals surface area contributed by atoms with E-state index in [1.807, 2.05) is 0 Å². The number of nitrogens with zero attached hydrogens (tertiary/aromatic N) is 2. The molecule has 1 aromatic heterocycles. The molecule has 32 heavy (non-hydrogen) atoms. The quantitative estimate of drug-likeness (QED) is 0.627. The Bertz CT molecular complexity index is 849. The number of carbonyl (C=O) groups is 1. The molecule has 0 spiro atoms. The van der Waals surface area contributed by atoms with Crippen LogP contribution in [0.15, 0.2) is 6.20 Å². The van der Waals surface area contributed by atoms with Crippen LogP contribution in [0.2, 0.25) is 0 Å². The average Bonchev–Trinajstić information content (AvgIpc) is 3.48. The summed E-state index contributed by atoms with van der Waals surface area (Å²) in [5.74, 6) is 2.35. The number of rotatable bonds is 6. The molecule has 0 aromatic carbocycles. The number of ether oxygens (including phenoxy) is 1. The number of aromatic nitrogens is 2. The van der Waals surface area contributed by atoms with Gasteiger partial charge < -0.3 is 20.5 Å². The molecule has 174 valence electrons. The van der Waals surface area contributed by atoms with Crippen molar-refractivity contribution >= 4 is 11.9 Å². The van der Waals surface area contributed by atoms with Gasteiger partial charge in [-0.3, -0.25) is 4.79 Å². The Morgan fingerprint density at radius 2 is 1.91 bits per heavy atom. The van der Waals surface area contributed by atoms with E-state index in [4.69, 9.17) is 9.72 Å². The van der Waals surface area contributed by atoms with E-state index in [1.54, 1.807) is 6.20 Å². The van der Waals surface area contributed by atoms with Crippen LogP contribution in [0, 0.1) is 17.8 Å². The molecule has 2 heterocycles. The van der Waals surface area contributed by atoms with Gasteiger partial charge in [-0.05, 0) is 75.5 Å². The highest BCUT2D eigenvalue weighted by Gasteiger charge is 2.55. The molecule has 0 radical (unpaired) electrons. The summed E-state index contributed by atoms with van der Waals surface area (Å²) >= 11 is 0. The minimum Gasteiger partial charge on any atom is -0.390 e. The zero-order valence-corrected chi connectivity index (χ0v) is 18.9. The van der Waals surface area contributed by atoms with Gasteiger partial charge in [0.05, 0.1) is 23.0 Å². The van der Waals surface area contributed by atoms with E-state index < -0.39 is 5.60 Å². The monoisotopic (exact) mass is 440 g/mol. The number of hydrogen-bond donors (Lipinski definition) is 3. The van der Waals surface area contributed by atoms with Crippen molar-refractivity contribution in [3.05, 3.63) is 17.5 Å². The van der Waals surface area contributed by atoms with E-state index in [9.17, 15) is 9.90 Å². The average molecular weight is 441 g/mol. The summed E-state index contributed by atoms with van der Waals surface area (Å²) in [4.78, 5) is 22.8. The minimum absolute atomic E-state index is 0.0259. The molecule has 1 aromatic rings. The fourth-order valence-electron chi connectivity index (χ4n) is 7.62. The first-order valence-corrected chi connectivity index (χ1v) is 12.8. The van der Waals surface area contributed by atoms with E-state index in [1.165, 1.54) is 12.8 Å². The Labute approximate surface area is 190 Å². The van der Waals surface area contributed by atoms with Crippen LogP contribution in [0.1, 0.15) is 92.6 Å². The van der Waals surface area contributed by atoms with E-state index in [-0.39, 0.29) is 18.1 Å². The standard InChI is InChI=1S/C25H36N4O3/c30-23(28-21-17-8-15-9-18(21)12-25(31,10-15)11-17)20-14-27-24(26-13-19-6-3-7-32-19)29-22(20)16-4-1-2-5-16/h14-19,21,31H,1-13H2,(H,28,30)(H,26,27,29)/t15?,17-,18+,19-,21?,25?/m0/s1. The molecule has 1 amide bonds. The van der Waals surface area contributed by atoms with Crippen molar-refractivity contribution in [1.29, 1.82) is 0 Å². The van der Waals surface area contributed by atoms with Crippen LogP contribution < -0.4 is 10.6 Å². The molecule has 3 unspecified atom stereocenters. The lowest BCUT2D eigenvalue weighted by Gasteiger charge is -2.58. The normalized spacial score (nSPS) is 38.3. The van der Waals surface area contributed by atoms with Gasteiger partial charge in [0.25, 0.3) is 5.91 Å². The van der Waals surface area contributed by atoms with Crippen LogP contribution >= 0.6 is 0 Å². The predicted octanol–water partition coefficient (Wildman–Crippen LogP) is 3.39. The molecule has 5 saturated carbocycles. The smallest absolute Gasteiger partial charge is 0.254 e. The van der Waals surface area contributed by atoms with Gasteiger partial charge in [-0.15, -0.1) is 0 Å². The molecule has 6 fully saturated rings. The molecular weight excluding hydrogens is 404 g/mol. The van der Waals surface area contributed by atoms with E-state index >= 15 is 0 Å². The second-order valence-corrected chi connectivity index (χ2v) is 11.2. The SMILES string of the molecule is O=C(NC1[C@@H]2CC3C[C@H]1CC(O)(C3)C2)c1cnc(NC[C@@H]2CCCO2)nc1C1CCCC1. The molecule has 7 rings (SSSR count). The van der Waals surface area contributed by atoms with Gasteiger partial charge in [-0.2, -0.15) is 0 Å². The number of hydrogen-bond acceptors (Lipinski definition) is 6. The predicted molar refractivity (Wildman–Crippen MR) is 120 cm³/mol. The molecule has 4 bridgehead atoms. The minimum atomic E-state index is -0.480. The Morgan fingerprint density at radius 1 is 1.12 bits per heavy atom. The van der Waals surface area contributed by atoms with Crippen molar-refractivity contribution in [1.82, 2.24) is 15.3 Å². The maximum Gasteiger partial charge on any atom is 0.254 e. The van der Waals surface area contributed by atoms with Crippen LogP contribution in [-0.2, 0) is 4.74 Å². The number of aliphatic hydroxyl groups is 1. The molecule has 6 aliphatic rings. The van der Waals surface area contributed by atoms with Gasteiger partial charge in [0.1, 0.15) is 0 Å². The zero-order valence-electron chi connectivity index (χ0n) is 18.9. The van der Waals surface area contributed by atoms with Crippen LogP contribution in [0.4, 0.5) is 5.95 Å². The first-order valence-electron chi connectivity index (χ1n) is 12.8. The van der Waals surface area contributed by atoms with E-state index in [2.05, 4.69) is 15.6 Å². The first kappa shape index (κ1) is 20.8. The summed E-state index contributed by atoms with van der Waals surface area (Å²) in [6.07, 6.45) is 13.6. The number of anilines is 1. The fourth-order valence-corrected chi connectivity index (χ4v) is 7.62. The van der Waals surface area contributed by atoms with Gasteiger partial charge >= 0.3 is 0 Å². The van der Waals surface area contributed by atoms with Gasteiger partial charge in [0.2, 0.25) is 5.95 Å². The highest BCUT2D eigenvalue weighted by Crippen LogP contribution is 2.55. The number of nitrogens with one attached hydrogen (secondary N) is 2. The second-order valence-electron chi connectivity index (χ2n) is 11.2. The maximum absolute atomic E-state index is 13.5. The largest absolute Gasteiger partial charge is 0.390 e. The molecule has 5 aliphatic carbocycles. The van der Waals surface area contributed by atoms with Gasteiger partial charge in [-0.1, -0.05) is 12.8 Å². The van der Waals surface area contributed by atoms with Crippen molar-refractivity contribution < 1.29 is 14.6 Å². The summed E-state index contributed by atoms with van der Waals surface area (Å²) in [6, 6.07) is 0.174. The molecule has 1 aliphatic heterocycles. The molecule has 3 N–H and O–H groups in total. The van der Waals surface area contributed by atoms with Crippen LogP contribution in [0.3, 0.4) is 0 Å².